The van der Waals surface area contributed by atoms with Gasteiger partial charge in [0, 0.05) is 31.0 Å². The third-order valence-corrected chi connectivity index (χ3v) is 3.88. The summed E-state index contributed by atoms with van der Waals surface area (Å²) in [6.07, 6.45) is 0.0860. The van der Waals surface area contributed by atoms with E-state index in [1.165, 1.54) is 0 Å². The van der Waals surface area contributed by atoms with Crippen LogP contribution in [-0.4, -0.2) is 11.8 Å². The van der Waals surface area contributed by atoms with Crippen LogP contribution in [0.3, 0.4) is 0 Å². The molecule has 1 amide bonds. The Balaban J connectivity index is 2.01. The molecule has 0 atom stereocenters. The Morgan fingerprint density at radius 3 is 2.65 bits per heavy atom. The third-order valence-electron chi connectivity index (χ3n) is 3.88. The largest absolute Gasteiger partial charge is 0.326 e. The summed E-state index contributed by atoms with van der Waals surface area (Å²) < 4.78 is 26.2. The van der Waals surface area contributed by atoms with Crippen LogP contribution in [0.2, 0.25) is 0 Å². The first-order valence-corrected chi connectivity index (χ1v) is 6.89. The second kappa shape index (κ2) is 5.87. The summed E-state index contributed by atoms with van der Waals surface area (Å²) >= 11 is 0. The number of nitrogens with two attached hydrogens (primary N) is 1. The number of aryl methyl sites for hydroxylation is 1. The Labute approximate surface area is 117 Å². The van der Waals surface area contributed by atoms with E-state index >= 15 is 0 Å². The Morgan fingerprint density at radius 2 is 2.05 bits per heavy atom. The highest BCUT2D eigenvalue weighted by Crippen LogP contribution is 2.36. The molecule has 0 spiro atoms. The average Bonchev–Trinajstić information content (AvgIpc) is 2.41. The number of halogens is 2. The Bertz CT molecular complexity index is 493. The highest BCUT2D eigenvalue weighted by atomic mass is 19.3. The van der Waals surface area contributed by atoms with Crippen molar-refractivity contribution in [3.05, 3.63) is 29.3 Å². The van der Waals surface area contributed by atoms with Crippen molar-refractivity contribution < 1.29 is 13.6 Å². The predicted octanol–water partition coefficient (Wildman–Crippen LogP) is 3.22. The SMILES string of the molecule is Cc1ccc(CN)cc1NC(=O)C1CCC(F)(F)CC1. The Kier molecular flexibility index (Phi) is 4.38. The van der Waals surface area contributed by atoms with Gasteiger partial charge in [0.2, 0.25) is 11.8 Å². The monoisotopic (exact) mass is 282 g/mol. The van der Waals surface area contributed by atoms with Gasteiger partial charge in [-0.05, 0) is 37.0 Å². The van der Waals surface area contributed by atoms with Crippen LogP contribution >= 0.6 is 0 Å². The van der Waals surface area contributed by atoms with Crippen molar-refractivity contribution in [2.45, 2.75) is 45.1 Å². The molecule has 1 aliphatic carbocycles. The van der Waals surface area contributed by atoms with E-state index in [2.05, 4.69) is 5.32 Å². The molecule has 0 radical (unpaired) electrons. The number of rotatable bonds is 3. The zero-order chi connectivity index (χ0) is 14.8. The van der Waals surface area contributed by atoms with E-state index in [0.29, 0.717) is 6.54 Å². The number of carbonyl (C=O) groups is 1. The van der Waals surface area contributed by atoms with E-state index in [4.69, 9.17) is 5.73 Å². The minimum atomic E-state index is -2.60. The van der Waals surface area contributed by atoms with Gasteiger partial charge in [0.05, 0.1) is 0 Å². The van der Waals surface area contributed by atoms with Gasteiger partial charge in [-0.3, -0.25) is 4.79 Å². The molecule has 3 N–H and O–H groups in total. The maximum absolute atomic E-state index is 13.1. The maximum Gasteiger partial charge on any atom is 0.248 e. The molecule has 0 heterocycles. The topological polar surface area (TPSA) is 55.1 Å². The number of hydrogen-bond donors (Lipinski definition) is 2. The van der Waals surface area contributed by atoms with Gasteiger partial charge in [-0.15, -0.1) is 0 Å². The van der Waals surface area contributed by atoms with Crippen LogP contribution in [0.25, 0.3) is 0 Å². The Morgan fingerprint density at radius 1 is 1.40 bits per heavy atom. The maximum atomic E-state index is 13.1. The zero-order valence-corrected chi connectivity index (χ0v) is 11.6. The van der Waals surface area contributed by atoms with Crippen LogP contribution in [0.5, 0.6) is 0 Å². The molecule has 0 unspecified atom stereocenters. The van der Waals surface area contributed by atoms with Crippen molar-refractivity contribution in [2.75, 3.05) is 5.32 Å². The molecule has 110 valence electrons. The number of nitrogens with one attached hydrogen (secondary N) is 1. The molecule has 20 heavy (non-hydrogen) atoms. The number of hydrogen-bond acceptors (Lipinski definition) is 2. The second-order valence-corrected chi connectivity index (χ2v) is 5.47. The summed E-state index contributed by atoms with van der Waals surface area (Å²) in [5.41, 5.74) is 8.17. The third kappa shape index (κ3) is 3.54. The van der Waals surface area contributed by atoms with Gasteiger partial charge in [-0.1, -0.05) is 12.1 Å². The summed E-state index contributed by atoms with van der Waals surface area (Å²) in [6.45, 7) is 2.30. The van der Waals surface area contributed by atoms with Crippen LogP contribution in [0.15, 0.2) is 18.2 Å². The Hall–Kier alpha value is -1.49. The molecule has 2 rings (SSSR count). The summed E-state index contributed by atoms with van der Waals surface area (Å²) in [4.78, 5) is 12.1. The van der Waals surface area contributed by atoms with Crippen molar-refractivity contribution in [3.63, 3.8) is 0 Å². The highest BCUT2D eigenvalue weighted by Gasteiger charge is 2.37. The van der Waals surface area contributed by atoms with Crippen LogP contribution in [0.1, 0.15) is 36.8 Å². The molecule has 1 aromatic carbocycles. The molecular weight excluding hydrogens is 262 g/mol. The fraction of sp³-hybridized carbons (Fsp3) is 0.533. The summed E-state index contributed by atoms with van der Waals surface area (Å²) in [7, 11) is 0. The van der Waals surface area contributed by atoms with Crippen molar-refractivity contribution >= 4 is 11.6 Å². The van der Waals surface area contributed by atoms with Gasteiger partial charge >= 0.3 is 0 Å². The number of carbonyl (C=O) groups excluding carboxylic acids is 1. The number of amides is 1. The summed E-state index contributed by atoms with van der Waals surface area (Å²) in [5, 5.41) is 2.84. The molecule has 1 saturated carbocycles. The van der Waals surface area contributed by atoms with E-state index in [1.54, 1.807) is 0 Å². The minimum absolute atomic E-state index is 0.169. The lowest BCUT2D eigenvalue weighted by Crippen LogP contribution is -2.32. The van der Waals surface area contributed by atoms with Crippen LogP contribution in [0, 0.1) is 12.8 Å². The van der Waals surface area contributed by atoms with Gasteiger partial charge in [0.1, 0.15) is 0 Å². The fourth-order valence-corrected chi connectivity index (χ4v) is 2.47. The normalized spacial score (nSPS) is 18.8. The van der Waals surface area contributed by atoms with E-state index < -0.39 is 5.92 Å². The van der Waals surface area contributed by atoms with Crippen LogP contribution < -0.4 is 11.1 Å². The molecule has 1 aliphatic rings. The van der Waals surface area contributed by atoms with Gasteiger partial charge in [-0.25, -0.2) is 8.78 Å². The van der Waals surface area contributed by atoms with E-state index in [0.717, 1.165) is 16.8 Å². The molecular formula is C15H20F2N2O. The number of alkyl halides is 2. The van der Waals surface area contributed by atoms with Gasteiger partial charge in [0.15, 0.2) is 0 Å². The molecule has 0 aromatic heterocycles. The quantitative estimate of drug-likeness (QED) is 0.894. The van der Waals surface area contributed by atoms with Crippen LogP contribution in [0.4, 0.5) is 14.5 Å². The molecule has 1 aromatic rings. The van der Waals surface area contributed by atoms with E-state index in [9.17, 15) is 13.6 Å². The lowest BCUT2D eigenvalue weighted by molar-refractivity contribution is -0.124. The lowest BCUT2D eigenvalue weighted by Gasteiger charge is -2.27. The predicted molar refractivity (Wildman–Crippen MR) is 74.6 cm³/mol. The second-order valence-electron chi connectivity index (χ2n) is 5.47. The fourth-order valence-electron chi connectivity index (χ4n) is 2.47. The average molecular weight is 282 g/mol. The lowest BCUT2D eigenvalue weighted by atomic mass is 9.86. The molecule has 5 heteroatoms. The standard InChI is InChI=1S/C15H20F2N2O/c1-10-2-3-11(9-18)8-13(10)19-14(20)12-4-6-15(16,17)7-5-12/h2-3,8,12H,4-7,9,18H2,1H3,(H,19,20). The molecule has 0 saturated heterocycles. The van der Waals surface area contributed by atoms with Crippen LogP contribution in [-0.2, 0) is 11.3 Å². The molecule has 1 fully saturated rings. The van der Waals surface area contributed by atoms with Crippen molar-refractivity contribution in [1.29, 1.82) is 0 Å². The highest BCUT2D eigenvalue weighted by molar-refractivity contribution is 5.93. The molecule has 0 aliphatic heterocycles. The smallest absolute Gasteiger partial charge is 0.248 e. The number of benzene rings is 1. The first kappa shape index (κ1) is 14.9. The van der Waals surface area contributed by atoms with E-state index in [-0.39, 0.29) is 37.5 Å². The zero-order valence-electron chi connectivity index (χ0n) is 11.6. The first-order chi connectivity index (χ1) is 9.41. The van der Waals surface area contributed by atoms with Gasteiger partial charge in [-0.2, -0.15) is 0 Å². The summed E-state index contributed by atoms with van der Waals surface area (Å²) in [6, 6.07) is 5.64. The van der Waals surface area contributed by atoms with E-state index in [1.807, 2.05) is 25.1 Å². The van der Waals surface area contributed by atoms with Crippen molar-refractivity contribution in [1.82, 2.24) is 0 Å². The van der Waals surface area contributed by atoms with Crippen molar-refractivity contribution in [3.8, 4) is 0 Å². The van der Waals surface area contributed by atoms with Gasteiger partial charge < -0.3 is 11.1 Å². The minimum Gasteiger partial charge on any atom is -0.326 e. The summed E-state index contributed by atoms with van der Waals surface area (Å²) in [5.74, 6) is -3.10. The van der Waals surface area contributed by atoms with Gasteiger partial charge in [0.25, 0.3) is 0 Å². The van der Waals surface area contributed by atoms with Crippen molar-refractivity contribution in [2.24, 2.45) is 11.7 Å². The first-order valence-electron chi connectivity index (χ1n) is 6.89. The molecule has 0 bridgehead atoms. The molecule has 3 nitrogen and oxygen atoms in total. The number of anilines is 1.